The van der Waals surface area contributed by atoms with E-state index in [4.69, 9.17) is 4.98 Å². The molecule has 4 rings (SSSR count). The summed E-state index contributed by atoms with van der Waals surface area (Å²) in [6.45, 7) is 1.48. The van der Waals surface area contributed by atoms with Gasteiger partial charge in [-0.2, -0.15) is 5.10 Å². The Morgan fingerprint density at radius 1 is 1.32 bits per heavy atom. The van der Waals surface area contributed by atoms with Gasteiger partial charge in [-0.3, -0.25) is 9.48 Å². The molecule has 1 amide bonds. The fourth-order valence-corrected chi connectivity index (χ4v) is 4.10. The monoisotopic (exact) mass is 394 g/mol. The number of anilines is 2. The number of thiazole rings is 1. The normalized spacial score (nSPS) is 17.2. The van der Waals surface area contributed by atoms with Gasteiger partial charge in [-0.1, -0.05) is 6.07 Å². The summed E-state index contributed by atoms with van der Waals surface area (Å²) in [6.07, 6.45) is 8.95. The molecule has 28 heavy (non-hydrogen) atoms. The second-order valence-electron chi connectivity index (χ2n) is 6.75. The van der Waals surface area contributed by atoms with Crippen molar-refractivity contribution in [1.82, 2.24) is 24.6 Å². The van der Waals surface area contributed by atoms with E-state index in [1.807, 2.05) is 42.3 Å². The molecular formula is C20H22N6OS. The lowest BCUT2D eigenvalue weighted by atomic mass is 9.95. The van der Waals surface area contributed by atoms with Gasteiger partial charge >= 0.3 is 0 Å². The molecule has 0 unspecified atom stereocenters. The number of nitrogens with one attached hydrogen (secondary N) is 1. The van der Waals surface area contributed by atoms with E-state index < -0.39 is 0 Å². The average molecular weight is 395 g/mol. The van der Waals surface area contributed by atoms with Crippen LogP contribution in [-0.2, 0) is 11.8 Å². The number of hydrogen-bond acceptors (Lipinski definition) is 6. The number of carbonyl (C=O) groups excluding carboxylic acids is 1. The summed E-state index contributed by atoms with van der Waals surface area (Å²) in [7, 11) is 1.86. The van der Waals surface area contributed by atoms with Gasteiger partial charge in [0.2, 0.25) is 5.91 Å². The van der Waals surface area contributed by atoms with Gasteiger partial charge in [-0.25, -0.2) is 9.97 Å². The summed E-state index contributed by atoms with van der Waals surface area (Å²) in [5.74, 6) is 1.08. The van der Waals surface area contributed by atoms with E-state index in [1.165, 1.54) is 0 Å². The molecular weight excluding hydrogens is 372 g/mol. The van der Waals surface area contributed by atoms with Crippen LogP contribution in [0.2, 0.25) is 0 Å². The zero-order chi connectivity index (χ0) is 19.3. The Morgan fingerprint density at radius 3 is 3.04 bits per heavy atom. The highest BCUT2D eigenvalue weighted by Crippen LogP contribution is 2.30. The zero-order valence-electron chi connectivity index (χ0n) is 15.7. The van der Waals surface area contributed by atoms with Crippen LogP contribution in [0, 0.1) is 0 Å². The molecule has 3 aromatic rings. The number of amides is 1. The molecule has 0 bridgehead atoms. The van der Waals surface area contributed by atoms with Crippen LogP contribution >= 0.6 is 11.3 Å². The Labute approximate surface area is 167 Å². The minimum atomic E-state index is 0.0352. The van der Waals surface area contributed by atoms with E-state index in [1.54, 1.807) is 34.5 Å². The largest absolute Gasteiger partial charge is 0.338 e. The lowest BCUT2D eigenvalue weighted by Gasteiger charge is -2.31. The molecule has 1 saturated heterocycles. The number of rotatable bonds is 5. The van der Waals surface area contributed by atoms with E-state index in [-0.39, 0.29) is 11.8 Å². The molecule has 8 heteroatoms. The second kappa shape index (κ2) is 8.35. The van der Waals surface area contributed by atoms with Crippen molar-refractivity contribution in [1.29, 1.82) is 0 Å². The number of nitrogens with zero attached hydrogens (tertiary/aromatic N) is 5. The van der Waals surface area contributed by atoms with E-state index in [0.29, 0.717) is 6.54 Å². The standard InChI is InChI=1S/C20H22N6OS/c1-25-16(9-11-22-25)7-8-19(27)26-12-4-5-15(13-26)17-14-28-20(23-17)24-18-6-2-3-10-21-18/h2-3,6-11,14-15H,4-5,12-13H2,1H3,(H,21,23,24)/b8-7+/t15-/m1/s1. The van der Waals surface area contributed by atoms with Crippen LogP contribution in [0.5, 0.6) is 0 Å². The smallest absolute Gasteiger partial charge is 0.246 e. The van der Waals surface area contributed by atoms with Crippen molar-refractivity contribution >= 4 is 34.3 Å². The first-order valence-corrected chi connectivity index (χ1v) is 10.2. The predicted molar refractivity (Wildman–Crippen MR) is 110 cm³/mol. The third kappa shape index (κ3) is 4.28. The van der Waals surface area contributed by atoms with E-state index in [2.05, 4.69) is 20.8 Å². The van der Waals surface area contributed by atoms with Crippen molar-refractivity contribution in [3.63, 3.8) is 0 Å². The van der Waals surface area contributed by atoms with Gasteiger partial charge in [0.05, 0.1) is 11.4 Å². The Morgan fingerprint density at radius 2 is 2.25 bits per heavy atom. The molecule has 0 saturated carbocycles. The van der Waals surface area contributed by atoms with Crippen LogP contribution in [-0.4, -0.2) is 43.6 Å². The number of carbonyl (C=O) groups is 1. The van der Waals surface area contributed by atoms with Crippen molar-refractivity contribution in [3.05, 3.63) is 59.5 Å². The van der Waals surface area contributed by atoms with Crippen molar-refractivity contribution < 1.29 is 4.79 Å². The highest BCUT2D eigenvalue weighted by Gasteiger charge is 2.25. The highest BCUT2D eigenvalue weighted by atomic mass is 32.1. The molecule has 1 fully saturated rings. The summed E-state index contributed by atoms with van der Waals surface area (Å²) in [6, 6.07) is 7.62. The Bertz CT molecular complexity index is 964. The SMILES string of the molecule is Cn1nccc1/C=C/C(=O)N1CCC[C@@H](c2csc(Nc3ccccn3)n2)C1. The lowest BCUT2D eigenvalue weighted by molar-refractivity contribution is -0.127. The Hall–Kier alpha value is -3.00. The van der Waals surface area contributed by atoms with Crippen molar-refractivity contribution in [2.24, 2.45) is 7.05 Å². The van der Waals surface area contributed by atoms with Crippen LogP contribution in [0.4, 0.5) is 10.9 Å². The maximum Gasteiger partial charge on any atom is 0.246 e. The summed E-state index contributed by atoms with van der Waals surface area (Å²) in [5.41, 5.74) is 1.95. The summed E-state index contributed by atoms with van der Waals surface area (Å²) < 4.78 is 1.74. The first kappa shape index (κ1) is 18.4. The predicted octanol–water partition coefficient (Wildman–Crippen LogP) is 3.43. The molecule has 1 atom stereocenters. The van der Waals surface area contributed by atoms with E-state index in [9.17, 15) is 4.79 Å². The van der Waals surface area contributed by atoms with Gasteiger partial charge in [-0.05, 0) is 37.1 Å². The number of aromatic nitrogens is 4. The number of piperidine rings is 1. The molecule has 1 aliphatic heterocycles. The molecule has 7 nitrogen and oxygen atoms in total. The van der Waals surface area contributed by atoms with Crippen LogP contribution in [0.1, 0.15) is 30.1 Å². The molecule has 1 N–H and O–H groups in total. The number of likely N-dealkylation sites (tertiary alicyclic amines) is 1. The maximum atomic E-state index is 12.6. The topological polar surface area (TPSA) is 75.9 Å². The molecule has 4 heterocycles. The van der Waals surface area contributed by atoms with Gasteiger partial charge in [-0.15, -0.1) is 11.3 Å². The molecule has 3 aromatic heterocycles. The Balaban J connectivity index is 1.39. The second-order valence-corrected chi connectivity index (χ2v) is 7.61. The Kier molecular flexibility index (Phi) is 5.48. The van der Waals surface area contributed by atoms with Gasteiger partial charge in [0.15, 0.2) is 5.13 Å². The molecule has 0 aromatic carbocycles. The van der Waals surface area contributed by atoms with Crippen LogP contribution < -0.4 is 5.32 Å². The minimum absolute atomic E-state index is 0.0352. The lowest BCUT2D eigenvalue weighted by Crippen LogP contribution is -2.38. The fourth-order valence-electron chi connectivity index (χ4n) is 3.31. The molecule has 0 aliphatic carbocycles. The van der Waals surface area contributed by atoms with Crippen molar-refractivity contribution in [2.45, 2.75) is 18.8 Å². The first-order chi connectivity index (χ1) is 13.7. The summed E-state index contributed by atoms with van der Waals surface area (Å²) in [4.78, 5) is 23.5. The van der Waals surface area contributed by atoms with Gasteiger partial charge in [0.1, 0.15) is 5.82 Å². The fraction of sp³-hybridized carbons (Fsp3) is 0.300. The van der Waals surface area contributed by atoms with E-state index in [0.717, 1.165) is 41.7 Å². The van der Waals surface area contributed by atoms with E-state index >= 15 is 0 Å². The van der Waals surface area contributed by atoms with Gasteiger partial charge in [0, 0.05) is 49.9 Å². The van der Waals surface area contributed by atoms with Gasteiger partial charge in [0.25, 0.3) is 0 Å². The van der Waals surface area contributed by atoms with Crippen molar-refractivity contribution in [3.8, 4) is 0 Å². The summed E-state index contributed by atoms with van der Waals surface area (Å²) >= 11 is 1.57. The van der Waals surface area contributed by atoms with Gasteiger partial charge < -0.3 is 10.2 Å². The minimum Gasteiger partial charge on any atom is -0.338 e. The van der Waals surface area contributed by atoms with Crippen LogP contribution in [0.15, 0.2) is 48.1 Å². The third-order valence-corrected chi connectivity index (χ3v) is 5.60. The molecule has 144 valence electrons. The quantitative estimate of drug-likeness (QED) is 0.671. The first-order valence-electron chi connectivity index (χ1n) is 9.27. The average Bonchev–Trinajstić information content (AvgIpc) is 3.36. The van der Waals surface area contributed by atoms with Crippen LogP contribution in [0.25, 0.3) is 6.08 Å². The zero-order valence-corrected chi connectivity index (χ0v) is 16.5. The highest BCUT2D eigenvalue weighted by molar-refractivity contribution is 7.13. The number of pyridine rings is 1. The van der Waals surface area contributed by atoms with Crippen LogP contribution in [0.3, 0.4) is 0 Å². The molecule has 0 radical (unpaired) electrons. The summed E-state index contributed by atoms with van der Waals surface area (Å²) in [5, 5.41) is 10.3. The number of hydrogen-bond donors (Lipinski definition) is 1. The molecule has 1 aliphatic rings. The molecule has 0 spiro atoms. The third-order valence-electron chi connectivity index (χ3n) is 4.83. The number of aryl methyl sites for hydroxylation is 1. The van der Waals surface area contributed by atoms with Crippen molar-refractivity contribution in [2.75, 3.05) is 18.4 Å². The maximum absolute atomic E-state index is 12.6.